The maximum atomic E-state index is 13.4. The van der Waals surface area contributed by atoms with Gasteiger partial charge in [0.15, 0.2) is 16.6 Å². The Hall–Kier alpha value is -4.83. The summed E-state index contributed by atoms with van der Waals surface area (Å²) < 4.78 is 24.8. The number of allylic oxidation sites excluding steroid dienone is 1. The number of hydrogen-bond donors (Lipinski definition) is 2. The standard InChI is InChI=1S/C29H23FN2O6S/c1-3-5-19-12-18(14-24(37-2)25(19)38-16-17-8-10-21(30)11-9-17)13-23-26(33)31-29(39)32(27(23)34)22-7-4-6-20(15-22)28(35)36/h3-4,6-15H,1,5,16H2,2H3,(H,35,36)(H,31,33,39). The fraction of sp³-hybridized carbons (Fsp3) is 0.103. The van der Waals surface area contributed by atoms with E-state index in [0.29, 0.717) is 29.0 Å². The lowest BCUT2D eigenvalue weighted by molar-refractivity contribution is -0.122. The van der Waals surface area contributed by atoms with Gasteiger partial charge in [0, 0.05) is 5.56 Å². The molecule has 0 unspecified atom stereocenters. The van der Waals surface area contributed by atoms with Crippen LogP contribution in [0.4, 0.5) is 10.1 Å². The van der Waals surface area contributed by atoms with Crippen molar-refractivity contribution in [3.63, 3.8) is 0 Å². The molecule has 0 saturated carbocycles. The van der Waals surface area contributed by atoms with Crippen molar-refractivity contribution >= 4 is 46.9 Å². The predicted octanol–water partition coefficient (Wildman–Crippen LogP) is 4.67. The molecule has 3 aromatic carbocycles. The molecule has 198 valence electrons. The highest BCUT2D eigenvalue weighted by atomic mass is 32.1. The average molecular weight is 547 g/mol. The zero-order chi connectivity index (χ0) is 28.1. The van der Waals surface area contributed by atoms with Gasteiger partial charge in [-0.1, -0.05) is 24.3 Å². The Bertz CT molecular complexity index is 1520. The number of halogens is 1. The van der Waals surface area contributed by atoms with Crippen molar-refractivity contribution in [3.8, 4) is 11.5 Å². The number of carbonyl (C=O) groups is 3. The van der Waals surface area contributed by atoms with Crippen LogP contribution in [0.25, 0.3) is 6.08 Å². The van der Waals surface area contributed by atoms with Crippen molar-refractivity contribution in [2.24, 2.45) is 0 Å². The van der Waals surface area contributed by atoms with E-state index in [-0.39, 0.29) is 34.4 Å². The van der Waals surface area contributed by atoms with E-state index in [0.717, 1.165) is 10.5 Å². The highest BCUT2D eigenvalue weighted by molar-refractivity contribution is 7.80. The molecule has 1 heterocycles. The molecule has 0 aromatic heterocycles. The minimum atomic E-state index is -1.17. The number of carbonyl (C=O) groups excluding carboxylic acids is 2. The van der Waals surface area contributed by atoms with Crippen LogP contribution in [0.15, 0.2) is 78.9 Å². The molecular weight excluding hydrogens is 523 g/mol. The first-order chi connectivity index (χ1) is 18.7. The number of anilines is 1. The van der Waals surface area contributed by atoms with Gasteiger partial charge in [-0.15, -0.1) is 6.58 Å². The van der Waals surface area contributed by atoms with Crippen molar-refractivity contribution in [1.29, 1.82) is 0 Å². The topological polar surface area (TPSA) is 105 Å². The maximum absolute atomic E-state index is 13.4. The SMILES string of the molecule is C=CCc1cc(C=C2C(=O)NC(=S)N(c3cccc(C(=O)O)c3)C2=O)cc(OC)c1OCc1ccc(F)cc1. The molecule has 0 radical (unpaired) electrons. The molecule has 0 bridgehead atoms. The molecule has 0 aliphatic carbocycles. The summed E-state index contributed by atoms with van der Waals surface area (Å²) in [5.41, 5.74) is 1.86. The Morgan fingerprint density at radius 2 is 1.90 bits per heavy atom. The summed E-state index contributed by atoms with van der Waals surface area (Å²) in [6.07, 6.45) is 3.46. The molecule has 3 aromatic rings. The van der Waals surface area contributed by atoms with Gasteiger partial charge in [-0.05, 0) is 78.3 Å². The van der Waals surface area contributed by atoms with Crippen molar-refractivity contribution in [2.75, 3.05) is 12.0 Å². The number of methoxy groups -OCH3 is 1. The molecule has 2 amide bonds. The molecule has 0 spiro atoms. The molecule has 0 atom stereocenters. The molecule has 8 nitrogen and oxygen atoms in total. The smallest absolute Gasteiger partial charge is 0.335 e. The first-order valence-corrected chi connectivity index (χ1v) is 12.1. The molecule has 10 heteroatoms. The van der Waals surface area contributed by atoms with Gasteiger partial charge in [0.25, 0.3) is 11.8 Å². The quantitative estimate of drug-likeness (QED) is 0.174. The third-order valence-electron chi connectivity index (χ3n) is 5.80. The summed E-state index contributed by atoms with van der Waals surface area (Å²) in [5.74, 6) is -2.14. The van der Waals surface area contributed by atoms with Crippen LogP contribution in [0.5, 0.6) is 11.5 Å². The van der Waals surface area contributed by atoms with Crippen LogP contribution in [0, 0.1) is 5.82 Å². The monoisotopic (exact) mass is 546 g/mol. The van der Waals surface area contributed by atoms with Gasteiger partial charge < -0.3 is 14.6 Å². The molecule has 1 aliphatic heterocycles. The second-order valence-corrected chi connectivity index (χ2v) is 8.82. The van der Waals surface area contributed by atoms with E-state index >= 15 is 0 Å². The van der Waals surface area contributed by atoms with Crippen LogP contribution < -0.4 is 19.7 Å². The molecule has 39 heavy (non-hydrogen) atoms. The number of hydrogen-bond acceptors (Lipinski definition) is 6. The Morgan fingerprint density at radius 3 is 2.56 bits per heavy atom. The van der Waals surface area contributed by atoms with Gasteiger partial charge in [0.1, 0.15) is 18.0 Å². The fourth-order valence-corrected chi connectivity index (χ4v) is 4.24. The predicted molar refractivity (Wildman–Crippen MR) is 147 cm³/mol. The van der Waals surface area contributed by atoms with Crippen LogP contribution in [-0.4, -0.2) is 35.1 Å². The van der Waals surface area contributed by atoms with Gasteiger partial charge in [-0.2, -0.15) is 0 Å². The summed E-state index contributed by atoms with van der Waals surface area (Å²) >= 11 is 5.21. The Labute approximate surface area is 229 Å². The van der Waals surface area contributed by atoms with E-state index in [1.165, 1.54) is 49.6 Å². The van der Waals surface area contributed by atoms with E-state index in [1.807, 2.05) is 0 Å². The average Bonchev–Trinajstić information content (AvgIpc) is 2.91. The third-order valence-corrected chi connectivity index (χ3v) is 6.08. The van der Waals surface area contributed by atoms with E-state index in [1.54, 1.807) is 30.3 Å². The lowest BCUT2D eigenvalue weighted by Gasteiger charge is -2.29. The van der Waals surface area contributed by atoms with E-state index < -0.39 is 17.8 Å². The van der Waals surface area contributed by atoms with Crippen LogP contribution in [0.3, 0.4) is 0 Å². The number of rotatable bonds is 9. The zero-order valence-electron chi connectivity index (χ0n) is 20.8. The summed E-state index contributed by atoms with van der Waals surface area (Å²) in [5, 5.41) is 11.6. The second kappa shape index (κ2) is 11.7. The molecule has 1 fully saturated rings. The summed E-state index contributed by atoms with van der Waals surface area (Å²) in [6, 6.07) is 14.9. The number of benzene rings is 3. The van der Waals surface area contributed by atoms with Crippen molar-refractivity contribution in [2.45, 2.75) is 13.0 Å². The molecule has 1 aliphatic rings. The normalized spacial score (nSPS) is 14.3. The summed E-state index contributed by atoms with van der Waals surface area (Å²) in [7, 11) is 1.46. The summed E-state index contributed by atoms with van der Waals surface area (Å²) in [4.78, 5) is 38.7. The van der Waals surface area contributed by atoms with Crippen molar-refractivity contribution in [3.05, 3.63) is 107 Å². The largest absolute Gasteiger partial charge is 0.493 e. The number of nitrogens with zero attached hydrogens (tertiary/aromatic N) is 1. The minimum absolute atomic E-state index is 0.0411. The third kappa shape index (κ3) is 6.02. The molecule has 1 saturated heterocycles. The highest BCUT2D eigenvalue weighted by Crippen LogP contribution is 2.35. The number of ether oxygens (including phenoxy) is 2. The Morgan fingerprint density at radius 1 is 1.15 bits per heavy atom. The van der Waals surface area contributed by atoms with Crippen molar-refractivity contribution in [1.82, 2.24) is 5.32 Å². The first kappa shape index (κ1) is 27.2. The zero-order valence-corrected chi connectivity index (χ0v) is 21.6. The number of carboxylic acids is 1. The van der Waals surface area contributed by atoms with Crippen LogP contribution in [0.2, 0.25) is 0 Å². The van der Waals surface area contributed by atoms with E-state index in [4.69, 9.17) is 21.7 Å². The lowest BCUT2D eigenvalue weighted by Crippen LogP contribution is -2.54. The second-order valence-electron chi connectivity index (χ2n) is 8.43. The van der Waals surface area contributed by atoms with Gasteiger partial charge in [-0.3, -0.25) is 19.8 Å². The summed E-state index contributed by atoms with van der Waals surface area (Å²) in [6.45, 7) is 3.94. The molecule has 2 N–H and O–H groups in total. The van der Waals surface area contributed by atoms with Gasteiger partial charge in [0.05, 0.1) is 18.4 Å². The van der Waals surface area contributed by atoms with Crippen LogP contribution in [-0.2, 0) is 22.6 Å². The van der Waals surface area contributed by atoms with Gasteiger partial charge in [0.2, 0.25) is 0 Å². The molecular formula is C29H23FN2O6S. The van der Waals surface area contributed by atoms with Gasteiger partial charge in [-0.25, -0.2) is 9.18 Å². The number of thiocarbonyl (C=S) groups is 1. The first-order valence-electron chi connectivity index (χ1n) is 11.7. The fourth-order valence-electron chi connectivity index (χ4n) is 3.96. The number of carboxylic acid groups (broad SMARTS) is 1. The number of nitrogens with one attached hydrogen (secondary N) is 1. The van der Waals surface area contributed by atoms with E-state index in [2.05, 4.69) is 11.9 Å². The molecule has 4 rings (SSSR count). The number of amides is 2. The van der Waals surface area contributed by atoms with Crippen LogP contribution >= 0.6 is 12.2 Å². The Balaban J connectivity index is 1.70. The van der Waals surface area contributed by atoms with Crippen LogP contribution in [0.1, 0.15) is 27.0 Å². The van der Waals surface area contributed by atoms with E-state index in [9.17, 15) is 23.9 Å². The minimum Gasteiger partial charge on any atom is -0.493 e. The van der Waals surface area contributed by atoms with Gasteiger partial charge >= 0.3 is 5.97 Å². The highest BCUT2D eigenvalue weighted by Gasteiger charge is 2.35. The Kier molecular flexibility index (Phi) is 8.16. The number of aromatic carboxylic acids is 1. The maximum Gasteiger partial charge on any atom is 0.335 e. The lowest BCUT2D eigenvalue weighted by atomic mass is 10.0. The van der Waals surface area contributed by atoms with Crippen molar-refractivity contribution < 1.29 is 33.4 Å².